The number of hydrogen-bond donors (Lipinski definition) is 0. The normalized spacial score (nSPS) is 10.2. The Balaban J connectivity index is 2.21. The molecule has 5 nitrogen and oxygen atoms in total. The molecule has 1 aromatic heterocycles. The van der Waals surface area contributed by atoms with E-state index >= 15 is 0 Å². The van der Waals surface area contributed by atoms with E-state index in [1.807, 2.05) is 12.1 Å². The van der Waals surface area contributed by atoms with Gasteiger partial charge in [-0.15, -0.1) is 10.2 Å². The molecule has 2 radical (unpaired) electrons. The van der Waals surface area contributed by atoms with E-state index in [1.54, 1.807) is 19.2 Å². The van der Waals surface area contributed by atoms with Gasteiger partial charge < -0.3 is 4.74 Å². The standard InChI is InChI=1S/C11H11BN4O/c1-8(17-2)7-16-14-11(13-15-16)9-4-3-5-10(12)6-9/h3-6H,1,7H2,2H3. The van der Waals surface area contributed by atoms with Gasteiger partial charge in [0.1, 0.15) is 20.2 Å². The molecular weight excluding hydrogens is 215 g/mol. The fourth-order valence-corrected chi connectivity index (χ4v) is 1.33. The zero-order valence-corrected chi connectivity index (χ0v) is 9.50. The molecule has 0 N–H and O–H groups in total. The predicted molar refractivity (Wildman–Crippen MR) is 64.8 cm³/mol. The molecule has 2 rings (SSSR count). The van der Waals surface area contributed by atoms with Crippen LogP contribution in [0.25, 0.3) is 11.4 Å². The highest BCUT2D eigenvalue weighted by Crippen LogP contribution is 2.10. The number of aromatic nitrogens is 4. The van der Waals surface area contributed by atoms with Crippen LogP contribution in [-0.4, -0.2) is 35.2 Å². The third-order valence-electron chi connectivity index (χ3n) is 2.20. The van der Waals surface area contributed by atoms with E-state index in [9.17, 15) is 0 Å². The summed E-state index contributed by atoms with van der Waals surface area (Å²) in [7, 11) is 7.24. The molecular formula is C11H11BN4O. The van der Waals surface area contributed by atoms with E-state index in [2.05, 4.69) is 22.0 Å². The minimum Gasteiger partial charge on any atom is -0.500 e. The first kappa shape index (κ1) is 11.4. The molecule has 0 bridgehead atoms. The van der Waals surface area contributed by atoms with Crippen LogP contribution in [0.4, 0.5) is 0 Å². The molecule has 0 saturated heterocycles. The first-order valence-electron chi connectivity index (χ1n) is 5.04. The number of hydrogen-bond acceptors (Lipinski definition) is 4. The van der Waals surface area contributed by atoms with Crippen LogP contribution in [0.2, 0.25) is 0 Å². The van der Waals surface area contributed by atoms with Gasteiger partial charge in [-0.3, -0.25) is 0 Å². The summed E-state index contributed by atoms with van der Waals surface area (Å²) >= 11 is 0. The van der Waals surface area contributed by atoms with Crippen LogP contribution in [0.3, 0.4) is 0 Å². The van der Waals surface area contributed by atoms with E-state index in [-0.39, 0.29) is 0 Å². The summed E-state index contributed by atoms with van der Waals surface area (Å²) in [4.78, 5) is 1.42. The maximum absolute atomic E-state index is 5.69. The lowest BCUT2D eigenvalue weighted by molar-refractivity contribution is 0.262. The Hall–Kier alpha value is -2.11. The molecule has 0 fully saturated rings. The van der Waals surface area contributed by atoms with Crippen molar-refractivity contribution in [2.24, 2.45) is 0 Å². The van der Waals surface area contributed by atoms with Gasteiger partial charge in [-0.1, -0.05) is 36.3 Å². The summed E-state index contributed by atoms with van der Waals surface area (Å²) in [5.74, 6) is 1.10. The van der Waals surface area contributed by atoms with E-state index in [0.29, 0.717) is 23.6 Å². The largest absolute Gasteiger partial charge is 0.500 e. The summed E-state index contributed by atoms with van der Waals surface area (Å²) in [6, 6.07) is 7.33. The topological polar surface area (TPSA) is 52.8 Å². The zero-order valence-electron chi connectivity index (χ0n) is 9.50. The Morgan fingerprint density at radius 3 is 3.06 bits per heavy atom. The van der Waals surface area contributed by atoms with Gasteiger partial charge in [0.2, 0.25) is 5.82 Å². The molecule has 17 heavy (non-hydrogen) atoms. The highest BCUT2D eigenvalue weighted by atomic mass is 16.5. The number of benzene rings is 1. The number of tetrazole rings is 1. The molecule has 0 saturated carbocycles. The number of nitrogens with zero attached hydrogens (tertiary/aromatic N) is 4. The number of allylic oxidation sites excluding steroid dienone is 1. The lowest BCUT2D eigenvalue weighted by atomic mass is 9.94. The van der Waals surface area contributed by atoms with Gasteiger partial charge in [0, 0.05) is 5.56 Å². The van der Waals surface area contributed by atoms with Crippen molar-refractivity contribution in [1.82, 2.24) is 20.2 Å². The van der Waals surface area contributed by atoms with Crippen LogP contribution in [0.15, 0.2) is 36.6 Å². The van der Waals surface area contributed by atoms with Crippen LogP contribution in [-0.2, 0) is 11.3 Å². The minimum absolute atomic E-state index is 0.381. The molecule has 1 aromatic carbocycles. The second-order valence-electron chi connectivity index (χ2n) is 3.51. The quantitative estimate of drug-likeness (QED) is 0.555. The summed E-state index contributed by atoms with van der Waals surface area (Å²) in [6.07, 6.45) is 0. The molecule has 84 valence electrons. The molecule has 0 amide bonds. The average molecular weight is 226 g/mol. The Kier molecular flexibility index (Phi) is 3.23. The molecule has 0 unspecified atom stereocenters. The molecule has 2 aromatic rings. The van der Waals surface area contributed by atoms with Crippen LogP contribution in [0, 0.1) is 0 Å². The molecule has 1 heterocycles. The smallest absolute Gasteiger partial charge is 0.204 e. The first-order chi connectivity index (χ1) is 8.19. The van der Waals surface area contributed by atoms with Crippen molar-refractivity contribution >= 4 is 13.3 Å². The molecule has 0 spiro atoms. The first-order valence-corrected chi connectivity index (χ1v) is 5.04. The van der Waals surface area contributed by atoms with Gasteiger partial charge in [-0.2, -0.15) is 4.80 Å². The number of methoxy groups -OCH3 is 1. The Morgan fingerprint density at radius 2 is 2.35 bits per heavy atom. The third-order valence-corrected chi connectivity index (χ3v) is 2.20. The van der Waals surface area contributed by atoms with Gasteiger partial charge in [0.25, 0.3) is 0 Å². The average Bonchev–Trinajstić information content (AvgIpc) is 2.77. The van der Waals surface area contributed by atoms with Crippen molar-refractivity contribution in [3.63, 3.8) is 0 Å². The number of rotatable bonds is 4. The van der Waals surface area contributed by atoms with Crippen LogP contribution >= 0.6 is 0 Å². The van der Waals surface area contributed by atoms with E-state index in [0.717, 1.165) is 5.56 Å². The second-order valence-corrected chi connectivity index (χ2v) is 3.51. The van der Waals surface area contributed by atoms with Gasteiger partial charge >= 0.3 is 0 Å². The monoisotopic (exact) mass is 226 g/mol. The van der Waals surface area contributed by atoms with Crippen molar-refractivity contribution in [2.45, 2.75) is 6.54 Å². The fourth-order valence-electron chi connectivity index (χ4n) is 1.33. The Labute approximate surface area is 101 Å². The highest BCUT2D eigenvalue weighted by Gasteiger charge is 2.06. The lowest BCUT2D eigenvalue weighted by Gasteiger charge is -2.01. The molecule has 6 heteroatoms. The molecule has 0 aliphatic heterocycles. The van der Waals surface area contributed by atoms with Crippen LogP contribution in [0.1, 0.15) is 0 Å². The Morgan fingerprint density at radius 1 is 1.53 bits per heavy atom. The van der Waals surface area contributed by atoms with Crippen molar-refractivity contribution in [2.75, 3.05) is 7.11 Å². The minimum atomic E-state index is 0.381. The lowest BCUT2D eigenvalue weighted by Crippen LogP contribution is -2.05. The van der Waals surface area contributed by atoms with Crippen molar-refractivity contribution in [1.29, 1.82) is 0 Å². The van der Waals surface area contributed by atoms with Gasteiger partial charge in [-0.05, 0) is 5.21 Å². The van der Waals surface area contributed by atoms with E-state index < -0.39 is 0 Å². The van der Waals surface area contributed by atoms with Crippen LogP contribution < -0.4 is 5.46 Å². The zero-order chi connectivity index (χ0) is 12.3. The van der Waals surface area contributed by atoms with E-state index in [1.165, 1.54) is 4.80 Å². The Bertz CT molecular complexity index is 538. The summed E-state index contributed by atoms with van der Waals surface area (Å²) in [5, 5.41) is 12.1. The van der Waals surface area contributed by atoms with Crippen molar-refractivity contribution < 1.29 is 4.74 Å². The highest BCUT2D eigenvalue weighted by molar-refractivity contribution is 6.32. The molecule has 0 atom stereocenters. The third kappa shape index (κ3) is 2.72. The van der Waals surface area contributed by atoms with Gasteiger partial charge in [0.05, 0.1) is 7.11 Å². The van der Waals surface area contributed by atoms with Crippen molar-refractivity contribution in [3.05, 3.63) is 36.6 Å². The van der Waals surface area contributed by atoms with Crippen LogP contribution in [0.5, 0.6) is 0 Å². The number of ether oxygens (including phenoxy) is 1. The van der Waals surface area contributed by atoms with Gasteiger partial charge in [0.15, 0.2) is 0 Å². The predicted octanol–water partition coefficient (Wildman–Crippen LogP) is 0.294. The van der Waals surface area contributed by atoms with E-state index in [4.69, 9.17) is 12.6 Å². The molecule has 0 aliphatic carbocycles. The molecule has 0 aliphatic rings. The fraction of sp³-hybridized carbons (Fsp3) is 0.182. The maximum Gasteiger partial charge on any atom is 0.204 e. The summed E-state index contributed by atoms with van der Waals surface area (Å²) < 4.78 is 4.95. The van der Waals surface area contributed by atoms with Gasteiger partial charge in [-0.25, -0.2) is 0 Å². The SMILES string of the molecule is [B]c1cccc(-c2nnn(CC(=C)OC)n2)c1. The maximum atomic E-state index is 5.69. The second kappa shape index (κ2) is 4.82. The summed E-state index contributed by atoms with van der Waals surface area (Å²) in [5.41, 5.74) is 1.50. The summed E-state index contributed by atoms with van der Waals surface area (Å²) in [6.45, 7) is 4.07. The van der Waals surface area contributed by atoms with Crippen molar-refractivity contribution in [3.8, 4) is 11.4 Å².